The lowest BCUT2D eigenvalue weighted by Crippen LogP contribution is -2.58. The number of ether oxygens (including phenoxy) is 1. The fraction of sp³-hybridized carbons (Fsp3) is 0.500. The van der Waals surface area contributed by atoms with Crippen LogP contribution >= 0.6 is 0 Å². The fourth-order valence-corrected chi connectivity index (χ4v) is 1.96. The van der Waals surface area contributed by atoms with Gasteiger partial charge in [-0.2, -0.15) is 0 Å². The summed E-state index contributed by atoms with van der Waals surface area (Å²) in [5, 5.41) is 3.24. The first-order valence-electron chi connectivity index (χ1n) is 6.23. The second kappa shape index (κ2) is 6.52. The highest BCUT2D eigenvalue weighted by atomic mass is 16.5. The smallest absolute Gasteiger partial charge is 0.244 e. The van der Waals surface area contributed by atoms with Gasteiger partial charge >= 0.3 is 0 Å². The van der Waals surface area contributed by atoms with Crippen LogP contribution in [0.3, 0.4) is 0 Å². The van der Waals surface area contributed by atoms with Crippen LogP contribution < -0.4 is 11.1 Å². The Bertz CT molecular complexity index is 379. The number of rotatable bonds is 7. The van der Waals surface area contributed by atoms with Crippen molar-refractivity contribution < 1.29 is 9.53 Å². The number of carbonyl (C=O) groups is 1. The summed E-state index contributed by atoms with van der Waals surface area (Å²) in [6, 6.07) is 9.59. The van der Waals surface area contributed by atoms with E-state index in [0.717, 1.165) is 5.56 Å². The summed E-state index contributed by atoms with van der Waals surface area (Å²) in [7, 11) is 0. The summed E-state index contributed by atoms with van der Waals surface area (Å²) in [5.41, 5.74) is 5.48. The van der Waals surface area contributed by atoms with E-state index in [2.05, 4.69) is 5.32 Å². The lowest BCUT2D eigenvalue weighted by atomic mass is 9.89. The largest absolute Gasteiger partial charge is 0.379 e. The van der Waals surface area contributed by atoms with Gasteiger partial charge in [0.2, 0.25) is 5.91 Å². The number of amides is 1. The zero-order valence-electron chi connectivity index (χ0n) is 11.3. The van der Waals surface area contributed by atoms with Gasteiger partial charge in [-0.15, -0.1) is 0 Å². The Hall–Kier alpha value is -1.39. The molecule has 0 spiro atoms. The highest BCUT2D eigenvalue weighted by Crippen LogP contribution is 2.22. The van der Waals surface area contributed by atoms with Gasteiger partial charge in [-0.1, -0.05) is 30.3 Å². The van der Waals surface area contributed by atoms with Crippen LogP contribution in [0.2, 0.25) is 0 Å². The molecule has 1 aromatic carbocycles. The molecule has 1 atom stereocenters. The number of carbonyl (C=O) groups excluding carboxylic acids is 1. The third-order valence-corrected chi connectivity index (χ3v) is 2.74. The molecule has 0 radical (unpaired) electrons. The normalized spacial score (nSPS) is 14.4. The summed E-state index contributed by atoms with van der Waals surface area (Å²) >= 11 is 0. The number of hydrogen-bond donors (Lipinski definition) is 2. The topological polar surface area (TPSA) is 64.3 Å². The van der Waals surface area contributed by atoms with Gasteiger partial charge in [-0.25, -0.2) is 0 Å². The molecular weight excluding hydrogens is 228 g/mol. The number of nitrogens with one attached hydrogen (secondary N) is 1. The molecule has 100 valence electrons. The average molecular weight is 250 g/mol. The second-order valence-electron chi connectivity index (χ2n) is 4.57. The van der Waals surface area contributed by atoms with E-state index < -0.39 is 11.4 Å². The molecule has 0 fully saturated rings. The molecule has 0 aliphatic heterocycles. The van der Waals surface area contributed by atoms with Crippen LogP contribution in [0.15, 0.2) is 30.3 Å². The first-order valence-corrected chi connectivity index (χ1v) is 6.23. The maximum Gasteiger partial charge on any atom is 0.244 e. The molecular formula is C14H22N2O2. The van der Waals surface area contributed by atoms with Crippen LogP contribution in [0.25, 0.3) is 0 Å². The maximum absolute atomic E-state index is 11.9. The Balaban J connectivity index is 3.15. The van der Waals surface area contributed by atoms with E-state index in [1.54, 1.807) is 0 Å². The average Bonchev–Trinajstić information content (AvgIpc) is 2.34. The lowest BCUT2D eigenvalue weighted by Gasteiger charge is -2.34. The number of nitrogens with two attached hydrogens (primary N) is 1. The van der Waals surface area contributed by atoms with Gasteiger partial charge in [0.25, 0.3) is 0 Å². The minimum absolute atomic E-state index is 0.123. The second-order valence-corrected chi connectivity index (χ2v) is 4.57. The molecule has 0 heterocycles. The molecule has 1 unspecified atom stereocenters. The Labute approximate surface area is 109 Å². The van der Waals surface area contributed by atoms with Gasteiger partial charge in [-0.3, -0.25) is 10.1 Å². The highest BCUT2D eigenvalue weighted by molar-refractivity contribution is 5.86. The minimum Gasteiger partial charge on any atom is -0.379 e. The highest BCUT2D eigenvalue weighted by Gasteiger charge is 2.39. The zero-order chi connectivity index (χ0) is 13.6. The van der Waals surface area contributed by atoms with Gasteiger partial charge < -0.3 is 10.5 Å². The van der Waals surface area contributed by atoms with Crippen LogP contribution in [0.5, 0.6) is 0 Å². The maximum atomic E-state index is 11.9. The molecule has 0 aromatic heterocycles. The van der Waals surface area contributed by atoms with Crippen molar-refractivity contribution in [3.05, 3.63) is 35.9 Å². The van der Waals surface area contributed by atoms with Gasteiger partial charge in [0, 0.05) is 12.6 Å². The van der Waals surface area contributed by atoms with Crippen LogP contribution in [0, 0.1) is 0 Å². The molecule has 3 N–H and O–H groups in total. The summed E-state index contributed by atoms with van der Waals surface area (Å²) in [6.45, 7) is 6.63. The molecule has 1 amide bonds. The molecule has 4 nitrogen and oxygen atoms in total. The van der Waals surface area contributed by atoms with Crippen molar-refractivity contribution in [2.45, 2.75) is 32.4 Å². The van der Waals surface area contributed by atoms with E-state index in [1.165, 1.54) is 0 Å². The Morgan fingerprint density at radius 2 is 2.00 bits per heavy atom. The summed E-state index contributed by atoms with van der Waals surface area (Å²) in [5.74, 6) is -0.421. The van der Waals surface area contributed by atoms with Crippen molar-refractivity contribution in [3.63, 3.8) is 0 Å². The summed E-state index contributed by atoms with van der Waals surface area (Å²) in [4.78, 5) is 11.9. The van der Waals surface area contributed by atoms with E-state index in [1.807, 2.05) is 51.1 Å². The van der Waals surface area contributed by atoms with E-state index in [9.17, 15) is 4.79 Å². The standard InChI is InChI=1S/C14H22N2O2/c1-4-18-10-14(13(15)17,16-11(2)3)12-8-6-5-7-9-12/h5-9,11,16H,4,10H2,1-3H3,(H2,15,17). The van der Waals surface area contributed by atoms with Gasteiger partial charge in [-0.05, 0) is 26.3 Å². The van der Waals surface area contributed by atoms with Crippen molar-refractivity contribution in [3.8, 4) is 0 Å². The van der Waals surface area contributed by atoms with Crippen molar-refractivity contribution in [1.82, 2.24) is 5.32 Å². The molecule has 0 saturated carbocycles. The number of benzene rings is 1. The molecule has 0 aliphatic rings. The van der Waals surface area contributed by atoms with Crippen molar-refractivity contribution in [2.24, 2.45) is 5.73 Å². The monoisotopic (exact) mass is 250 g/mol. The van der Waals surface area contributed by atoms with E-state index in [0.29, 0.717) is 6.61 Å². The molecule has 0 bridgehead atoms. The third-order valence-electron chi connectivity index (χ3n) is 2.74. The number of primary amides is 1. The van der Waals surface area contributed by atoms with E-state index in [-0.39, 0.29) is 12.6 Å². The third kappa shape index (κ3) is 3.31. The Morgan fingerprint density at radius 3 is 2.44 bits per heavy atom. The molecule has 0 aliphatic carbocycles. The first kappa shape index (κ1) is 14.7. The summed E-state index contributed by atoms with van der Waals surface area (Å²) < 4.78 is 5.45. The van der Waals surface area contributed by atoms with Crippen LogP contribution in [-0.4, -0.2) is 25.2 Å². The molecule has 1 aromatic rings. The fourth-order valence-electron chi connectivity index (χ4n) is 1.96. The van der Waals surface area contributed by atoms with Crippen molar-refractivity contribution in [1.29, 1.82) is 0 Å². The molecule has 4 heteroatoms. The predicted molar refractivity (Wildman–Crippen MR) is 72.1 cm³/mol. The van der Waals surface area contributed by atoms with Gasteiger partial charge in [0.05, 0.1) is 6.61 Å². The Kier molecular flexibility index (Phi) is 5.31. The Morgan fingerprint density at radius 1 is 1.39 bits per heavy atom. The van der Waals surface area contributed by atoms with Gasteiger partial charge in [0.1, 0.15) is 5.54 Å². The minimum atomic E-state index is -0.967. The van der Waals surface area contributed by atoms with E-state index in [4.69, 9.17) is 10.5 Å². The number of hydrogen-bond acceptors (Lipinski definition) is 3. The van der Waals surface area contributed by atoms with Crippen LogP contribution in [0.4, 0.5) is 0 Å². The summed E-state index contributed by atoms with van der Waals surface area (Å²) in [6.07, 6.45) is 0. The molecule has 18 heavy (non-hydrogen) atoms. The lowest BCUT2D eigenvalue weighted by molar-refractivity contribution is -0.128. The van der Waals surface area contributed by atoms with Crippen LogP contribution in [-0.2, 0) is 15.1 Å². The molecule has 1 rings (SSSR count). The van der Waals surface area contributed by atoms with Crippen molar-refractivity contribution in [2.75, 3.05) is 13.2 Å². The SMILES string of the molecule is CCOCC(NC(C)C)(C(N)=O)c1ccccc1. The van der Waals surface area contributed by atoms with Crippen LogP contribution in [0.1, 0.15) is 26.3 Å². The predicted octanol–water partition coefficient (Wildman–Crippen LogP) is 1.40. The quantitative estimate of drug-likeness (QED) is 0.769. The zero-order valence-corrected chi connectivity index (χ0v) is 11.3. The van der Waals surface area contributed by atoms with Gasteiger partial charge in [0.15, 0.2) is 0 Å². The van der Waals surface area contributed by atoms with Crippen molar-refractivity contribution >= 4 is 5.91 Å². The molecule has 0 saturated heterocycles. The first-order chi connectivity index (χ1) is 8.53. The van der Waals surface area contributed by atoms with E-state index >= 15 is 0 Å².